The fraction of sp³-hybridized carbons (Fsp3) is 0.381. The molecular weight excluding hydrogens is 451 g/mol. The van der Waals surface area contributed by atoms with Crippen LogP contribution in [0.2, 0.25) is 0 Å². The van der Waals surface area contributed by atoms with Gasteiger partial charge in [-0.25, -0.2) is 14.4 Å². The van der Waals surface area contributed by atoms with Gasteiger partial charge in [0, 0.05) is 23.6 Å². The van der Waals surface area contributed by atoms with Gasteiger partial charge in [-0.2, -0.15) is 17.6 Å². The number of aromatic nitrogens is 3. The minimum absolute atomic E-state index is 0.0180. The minimum atomic E-state index is -4.79. The predicted molar refractivity (Wildman–Crippen MR) is 106 cm³/mol. The van der Waals surface area contributed by atoms with Crippen molar-refractivity contribution < 1.29 is 36.2 Å². The number of carbonyl (C=O) groups is 1. The van der Waals surface area contributed by atoms with Crippen molar-refractivity contribution in [2.24, 2.45) is 11.7 Å². The molecule has 4 atom stereocenters. The Morgan fingerprint density at radius 1 is 1.27 bits per heavy atom. The maximum Gasteiger partial charge on any atom is 0.417 e. The van der Waals surface area contributed by atoms with E-state index in [1.807, 2.05) is 0 Å². The zero-order chi connectivity index (χ0) is 24.3. The lowest BCUT2D eigenvalue weighted by Crippen LogP contribution is -2.46. The van der Waals surface area contributed by atoms with Crippen LogP contribution in [0.15, 0.2) is 24.4 Å². The van der Waals surface area contributed by atoms with E-state index in [1.165, 1.54) is 19.2 Å². The van der Waals surface area contributed by atoms with Crippen LogP contribution in [0.4, 0.5) is 22.0 Å². The van der Waals surface area contributed by atoms with E-state index >= 15 is 0 Å². The van der Waals surface area contributed by atoms with Crippen molar-refractivity contribution in [2.45, 2.75) is 37.6 Å². The summed E-state index contributed by atoms with van der Waals surface area (Å²) in [6, 6.07) is 3.44. The molecule has 3 N–H and O–H groups in total. The molecular formula is C21H19F5N4O3. The molecule has 1 fully saturated rings. The van der Waals surface area contributed by atoms with Gasteiger partial charge in [0.05, 0.1) is 12.6 Å². The summed E-state index contributed by atoms with van der Waals surface area (Å²) in [5, 5.41) is 0. The Labute approximate surface area is 184 Å². The number of halogens is 5. The minimum Gasteiger partial charge on any atom is -0.493 e. The van der Waals surface area contributed by atoms with Crippen molar-refractivity contribution in [3.63, 3.8) is 0 Å². The number of benzene rings is 1. The molecule has 0 aliphatic carbocycles. The van der Waals surface area contributed by atoms with E-state index in [0.717, 1.165) is 26.2 Å². The Balaban J connectivity index is 1.94. The van der Waals surface area contributed by atoms with Gasteiger partial charge in [-0.1, -0.05) is 13.0 Å². The molecule has 0 unspecified atom stereocenters. The molecule has 0 bridgehead atoms. The van der Waals surface area contributed by atoms with Crippen LogP contribution < -0.4 is 10.5 Å². The van der Waals surface area contributed by atoms with E-state index in [9.17, 15) is 26.7 Å². The number of carbonyl (C=O) groups excluding carboxylic acids is 1. The summed E-state index contributed by atoms with van der Waals surface area (Å²) in [5.74, 6) is -6.40. The summed E-state index contributed by atoms with van der Waals surface area (Å²) in [5.41, 5.74) is 2.82. The molecule has 3 heterocycles. The van der Waals surface area contributed by atoms with Crippen LogP contribution in [0.1, 0.15) is 47.7 Å². The highest BCUT2D eigenvalue weighted by Crippen LogP contribution is 2.59. The first-order valence-electron chi connectivity index (χ1n) is 9.81. The van der Waals surface area contributed by atoms with E-state index in [0.29, 0.717) is 5.52 Å². The number of fused-ring (bicyclic) bond motifs is 1. The number of hydrogen-bond acceptors (Lipinski definition) is 5. The number of methoxy groups -OCH3 is 1. The first-order valence-corrected chi connectivity index (χ1v) is 9.81. The number of nitrogens with two attached hydrogens (primary N) is 1. The van der Waals surface area contributed by atoms with Crippen LogP contribution in [-0.2, 0) is 4.74 Å². The van der Waals surface area contributed by atoms with Gasteiger partial charge >= 0.3 is 6.18 Å². The number of alkyl halides is 3. The second-order valence-electron chi connectivity index (χ2n) is 7.98. The molecule has 0 radical (unpaired) electrons. The van der Waals surface area contributed by atoms with E-state index in [1.54, 1.807) is 0 Å². The normalized spacial score (nSPS) is 25.5. The van der Waals surface area contributed by atoms with Crippen LogP contribution in [0.5, 0.6) is 5.75 Å². The van der Waals surface area contributed by atoms with Crippen LogP contribution >= 0.6 is 0 Å². The molecule has 33 heavy (non-hydrogen) atoms. The number of nitrogens with zero attached hydrogens (tertiary/aromatic N) is 2. The van der Waals surface area contributed by atoms with Crippen LogP contribution in [0.25, 0.3) is 11.0 Å². The number of rotatable bonds is 4. The molecule has 1 aliphatic rings. The third-order valence-corrected chi connectivity index (χ3v) is 6.23. The second-order valence-corrected chi connectivity index (χ2v) is 7.98. The summed E-state index contributed by atoms with van der Waals surface area (Å²) in [6.07, 6.45) is -4.88. The van der Waals surface area contributed by atoms with Crippen LogP contribution in [0.3, 0.4) is 0 Å². The number of H-pyrrole nitrogens is 1. The molecule has 1 saturated heterocycles. The zero-order valence-corrected chi connectivity index (χ0v) is 17.6. The monoisotopic (exact) mass is 470 g/mol. The summed E-state index contributed by atoms with van der Waals surface area (Å²) < 4.78 is 81.1. The second kappa shape index (κ2) is 7.65. The maximum absolute atomic E-state index is 14.5. The number of hydrogen-bond donors (Lipinski definition) is 2. The standard InChI is InChI=1S/C21H19F5N4O3/c1-8-12(9-4-5-10(22)13(23)16(9)32-3)17(33-20(8,2)21(24,25)26)19-29-11-6-7-28-15(18(27)31)14(11)30-19/h4-8,12,17H,1-3H3,(H2,27,31)(H,29,30)/t8-,12-,17+,20+/m1/s1. The number of imidazole rings is 1. The molecule has 176 valence electrons. The average Bonchev–Trinajstić information content (AvgIpc) is 3.29. The van der Waals surface area contributed by atoms with Gasteiger partial charge in [0.2, 0.25) is 5.82 Å². The van der Waals surface area contributed by atoms with Crippen molar-refractivity contribution in [1.29, 1.82) is 0 Å². The molecule has 2 aromatic heterocycles. The number of ether oxygens (including phenoxy) is 2. The molecule has 12 heteroatoms. The number of nitrogens with one attached hydrogen (secondary N) is 1. The lowest BCUT2D eigenvalue weighted by Gasteiger charge is -2.32. The van der Waals surface area contributed by atoms with E-state index in [2.05, 4.69) is 15.0 Å². The Morgan fingerprint density at radius 3 is 2.58 bits per heavy atom. The number of primary amides is 1. The zero-order valence-electron chi connectivity index (χ0n) is 17.6. The largest absolute Gasteiger partial charge is 0.493 e. The first kappa shape index (κ1) is 22.9. The SMILES string of the molecule is COc1c([C@@H]2[C@@H](c3nc4c(C(N)=O)nccc4[nH]3)O[C@](C)(C(F)(F)F)[C@@H]2C)ccc(F)c1F. The Hall–Kier alpha value is -3.28. The Bertz CT molecular complexity index is 1240. The van der Waals surface area contributed by atoms with E-state index < -0.39 is 53.0 Å². The summed E-state index contributed by atoms with van der Waals surface area (Å²) >= 11 is 0. The smallest absolute Gasteiger partial charge is 0.417 e. The highest BCUT2D eigenvalue weighted by atomic mass is 19.4. The highest BCUT2D eigenvalue weighted by molar-refractivity contribution is 6.01. The number of aromatic amines is 1. The van der Waals surface area contributed by atoms with Gasteiger partial charge in [0.25, 0.3) is 5.91 Å². The topological polar surface area (TPSA) is 103 Å². The van der Waals surface area contributed by atoms with Gasteiger partial charge in [-0.15, -0.1) is 0 Å². The van der Waals surface area contributed by atoms with Crippen LogP contribution in [-0.4, -0.2) is 39.7 Å². The predicted octanol–water partition coefficient (Wildman–Crippen LogP) is 4.16. The molecule has 4 rings (SSSR count). The van der Waals surface area contributed by atoms with Crippen LogP contribution in [0, 0.1) is 17.6 Å². The number of amides is 1. The molecule has 0 spiro atoms. The maximum atomic E-state index is 14.5. The molecule has 1 amide bonds. The van der Waals surface area contributed by atoms with Crippen molar-refractivity contribution in [1.82, 2.24) is 15.0 Å². The van der Waals surface area contributed by atoms with Crippen molar-refractivity contribution in [3.8, 4) is 5.75 Å². The van der Waals surface area contributed by atoms with E-state index in [4.69, 9.17) is 15.2 Å². The fourth-order valence-corrected chi connectivity index (χ4v) is 4.32. The van der Waals surface area contributed by atoms with Gasteiger partial charge in [0.1, 0.15) is 17.4 Å². The lowest BCUT2D eigenvalue weighted by atomic mass is 9.77. The van der Waals surface area contributed by atoms with E-state index in [-0.39, 0.29) is 22.6 Å². The number of pyridine rings is 1. The highest BCUT2D eigenvalue weighted by Gasteiger charge is 2.65. The van der Waals surface area contributed by atoms with Gasteiger partial charge < -0.3 is 20.2 Å². The van der Waals surface area contributed by atoms with Crippen molar-refractivity contribution in [2.75, 3.05) is 7.11 Å². The summed E-state index contributed by atoms with van der Waals surface area (Å²) in [7, 11) is 1.09. The molecule has 3 aromatic rings. The average molecular weight is 470 g/mol. The van der Waals surface area contributed by atoms with Gasteiger partial charge in [0.15, 0.2) is 22.9 Å². The summed E-state index contributed by atoms with van der Waals surface area (Å²) in [6.45, 7) is 2.19. The van der Waals surface area contributed by atoms with Gasteiger partial charge in [-0.3, -0.25) is 4.79 Å². The van der Waals surface area contributed by atoms with Gasteiger partial charge in [-0.05, 0) is 19.1 Å². The molecule has 1 aromatic carbocycles. The fourth-order valence-electron chi connectivity index (χ4n) is 4.32. The molecule has 7 nitrogen and oxygen atoms in total. The molecule has 1 aliphatic heterocycles. The van der Waals surface area contributed by atoms with Crippen molar-refractivity contribution in [3.05, 3.63) is 53.1 Å². The quantitative estimate of drug-likeness (QED) is 0.558. The van der Waals surface area contributed by atoms with Crippen molar-refractivity contribution >= 4 is 16.9 Å². The molecule has 0 saturated carbocycles. The Morgan fingerprint density at radius 2 is 1.97 bits per heavy atom. The third kappa shape index (κ3) is 3.39. The lowest BCUT2D eigenvalue weighted by molar-refractivity contribution is -0.275. The summed E-state index contributed by atoms with van der Waals surface area (Å²) in [4.78, 5) is 22.7. The first-order chi connectivity index (χ1) is 15.4. The Kier molecular flexibility index (Phi) is 5.31. The third-order valence-electron chi connectivity index (χ3n) is 6.23.